The van der Waals surface area contributed by atoms with E-state index >= 15 is 0 Å². The van der Waals surface area contributed by atoms with E-state index in [0.717, 1.165) is 5.56 Å². The Kier molecular flexibility index (Phi) is 7.52. The van der Waals surface area contributed by atoms with Crippen LogP contribution in [0.2, 0.25) is 0 Å². The van der Waals surface area contributed by atoms with Gasteiger partial charge >= 0.3 is 5.69 Å². The molecular formula is C28H29N3O6. The summed E-state index contributed by atoms with van der Waals surface area (Å²) in [5.74, 6) is 2.46. The second kappa shape index (κ2) is 10.9. The summed E-state index contributed by atoms with van der Waals surface area (Å²) in [6.07, 6.45) is 5.01. The maximum Gasteiger partial charge on any atom is 0.334 e. The standard InChI is InChI=1S/C28H29N3O6/c1-7-11-30-22-17-29-20(18-9-10-23(33-3)24(13-18)37-12-8-2)16-21(22)31(28(30)32)19-14-25(34-4)27(36-6)26(15-19)35-5/h7-10,13-17H,1-2,11-12H2,3-6H3. The number of pyridine rings is 1. The Morgan fingerprint density at radius 2 is 1.54 bits per heavy atom. The third kappa shape index (κ3) is 4.63. The van der Waals surface area contributed by atoms with Crippen LogP contribution in [0.25, 0.3) is 28.0 Å². The van der Waals surface area contributed by atoms with Crippen LogP contribution in [0.15, 0.2) is 72.7 Å². The quantitative estimate of drug-likeness (QED) is 0.276. The summed E-state index contributed by atoms with van der Waals surface area (Å²) >= 11 is 0. The molecule has 0 aliphatic carbocycles. The van der Waals surface area contributed by atoms with Gasteiger partial charge in [-0.15, -0.1) is 6.58 Å². The number of fused-ring (bicyclic) bond motifs is 1. The predicted molar refractivity (Wildman–Crippen MR) is 143 cm³/mol. The maximum absolute atomic E-state index is 13.6. The van der Waals surface area contributed by atoms with Gasteiger partial charge in [0.25, 0.3) is 0 Å². The molecule has 9 nitrogen and oxygen atoms in total. The number of nitrogens with zero attached hydrogens (tertiary/aromatic N) is 3. The Balaban J connectivity index is 1.97. The van der Waals surface area contributed by atoms with Crippen molar-refractivity contribution >= 4 is 11.0 Å². The molecule has 0 unspecified atom stereocenters. The number of imidazole rings is 1. The molecule has 2 aromatic carbocycles. The van der Waals surface area contributed by atoms with Gasteiger partial charge in [-0.05, 0) is 24.3 Å². The summed E-state index contributed by atoms with van der Waals surface area (Å²) in [5.41, 5.74) is 3.04. The molecule has 9 heteroatoms. The van der Waals surface area contributed by atoms with Crippen LogP contribution in [-0.2, 0) is 6.54 Å². The van der Waals surface area contributed by atoms with Crippen molar-refractivity contribution in [2.24, 2.45) is 0 Å². The first-order valence-electron chi connectivity index (χ1n) is 11.5. The summed E-state index contributed by atoms with van der Waals surface area (Å²) in [4.78, 5) is 18.3. The third-order valence-corrected chi connectivity index (χ3v) is 5.85. The molecule has 0 fully saturated rings. The summed E-state index contributed by atoms with van der Waals surface area (Å²) in [6, 6.07) is 10.9. The number of hydrogen-bond acceptors (Lipinski definition) is 7. The maximum atomic E-state index is 13.6. The Morgan fingerprint density at radius 1 is 0.838 bits per heavy atom. The lowest BCUT2D eigenvalue weighted by atomic mass is 10.1. The zero-order chi connectivity index (χ0) is 26.5. The van der Waals surface area contributed by atoms with Gasteiger partial charge in [-0.25, -0.2) is 4.79 Å². The molecule has 0 aliphatic rings. The molecule has 2 aromatic heterocycles. The van der Waals surface area contributed by atoms with Crippen LogP contribution in [0.5, 0.6) is 28.7 Å². The first kappa shape index (κ1) is 25.4. The van der Waals surface area contributed by atoms with Gasteiger partial charge in [0.15, 0.2) is 23.0 Å². The lowest BCUT2D eigenvalue weighted by Gasteiger charge is -2.14. The van der Waals surface area contributed by atoms with Crippen LogP contribution < -0.4 is 29.4 Å². The highest BCUT2D eigenvalue weighted by Gasteiger charge is 2.20. The second-order valence-electron chi connectivity index (χ2n) is 7.92. The van der Waals surface area contributed by atoms with Crippen molar-refractivity contribution in [2.75, 3.05) is 35.0 Å². The van der Waals surface area contributed by atoms with E-state index in [4.69, 9.17) is 23.7 Å². The van der Waals surface area contributed by atoms with Gasteiger partial charge in [0.2, 0.25) is 5.75 Å². The van der Waals surface area contributed by atoms with Crippen molar-refractivity contribution in [3.05, 3.63) is 78.4 Å². The van der Waals surface area contributed by atoms with Gasteiger partial charge in [0.05, 0.1) is 57.1 Å². The molecule has 0 spiro atoms. The second-order valence-corrected chi connectivity index (χ2v) is 7.92. The molecule has 0 saturated heterocycles. The van der Waals surface area contributed by atoms with Crippen LogP contribution >= 0.6 is 0 Å². The van der Waals surface area contributed by atoms with Gasteiger partial charge in [0.1, 0.15) is 6.61 Å². The van der Waals surface area contributed by atoms with Crippen molar-refractivity contribution in [1.29, 1.82) is 0 Å². The molecule has 4 aromatic rings. The molecule has 0 saturated carbocycles. The number of ether oxygens (including phenoxy) is 5. The van der Waals surface area contributed by atoms with Crippen molar-refractivity contribution < 1.29 is 23.7 Å². The fourth-order valence-electron chi connectivity index (χ4n) is 4.16. The van der Waals surface area contributed by atoms with Gasteiger partial charge in [-0.2, -0.15) is 0 Å². The molecule has 0 amide bonds. The van der Waals surface area contributed by atoms with Crippen LogP contribution in [0, 0.1) is 0 Å². The largest absolute Gasteiger partial charge is 0.493 e. The van der Waals surface area contributed by atoms with Crippen LogP contribution in [0.4, 0.5) is 0 Å². The van der Waals surface area contributed by atoms with Crippen molar-refractivity contribution in [1.82, 2.24) is 14.1 Å². The van der Waals surface area contributed by atoms with E-state index in [1.807, 2.05) is 24.3 Å². The Morgan fingerprint density at radius 3 is 2.14 bits per heavy atom. The lowest BCUT2D eigenvalue weighted by Crippen LogP contribution is -2.23. The number of rotatable bonds is 11. The van der Waals surface area contributed by atoms with E-state index in [-0.39, 0.29) is 5.69 Å². The summed E-state index contributed by atoms with van der Waals surface area (Å²) in [5, 5.41) is 0. The highest BCUT2D eigenvalue weighted by molar-refractivity contribution is 5.82. The fraction of sp³-hybridized carbons (Fsp3) is 0.214. The molecule has 2 heterocycles. The summed E-state index contributed by atoms with van der Waals surface area (Å²) in [7, 11) is 6.17. The smallest absolute Gasteiger partial charge is 0.334 e. The van der Waals surface area contributed by atoms with E-state index in [9.17, 15) is 4.79 Å². The number of allylic oxidation sites excluding steroid dienone is 1. The molecule has 37 heavy (non-hydrogen) atoms. The topological polar surface area (TPSA) is 86.0 Å². The highest BCUT2D eigenvalue weighted by Crippen LogP contribution is 2.40. The summed E-state index contributed by atoms with van der Waals surface area (Å²) in [6.45, 7) is 8.15. The number of benzene rings is 2. The molecule has 0 N–H and O–H groups in total. The minimum absolute atomic E-state index is 0.257. The number of hydrogen-bond donors (Lipinski definition) is 0. The minimum atomic E-state index is -0.257. The van der Waals surface area contributed by atoms with E-state index in [1.165, 1.54) is 21.3 Å². The number of aromatic nitrogens is 3. The van der Waals surface area contributed by atoms with E-state index < -0.39 is 0 Å². The molecule has 0 aliphatic heterocycles. The van der Waals surface area contributed by atoms with Gasteiger partial charge in [-0.3, -0.25) is 14.1 Å². The minimum Gasteiger partial charge on any atom is -0.493 e. The zero-order valence-corrected chi connectivity index (χ0v) is 21.3. The SMILES string of the molecule is C=CCOc1cc(-c2cc3c(cn2)n(CC=C)c(=O)n3-c2cc(OC)c(OC)c(OC)c2)ccc1OC. The third-order valence-electron chi connectivity index (χ3n) is 5.85. The molecular weight excluding hydrogens is 474 g/mol. The Labute approximate surface area is 214 Å². The predicted octanol–water partition coefficient (Wildman–Crippen LogP) is 4.64. The average Bonchev–Trinajstić information content (AvgIpc) is 3.21. The van der Waals surface area contributed by atoms with E-state index in [0.29, 0.717) is 64.3 Å². The van der Waals surface area contributed by atoms with Crippen molar-refractivity contribution in [2.45, 2.75) is 6.54 Å². The van der Waals surface area contributed by atoms with Gasteiger partial charge in [-0.1, -0.05) is 18.7 Å². The highest BCUT2D eigenvalue weighted by atomic mass is 16.5. The van der Waals surface area contributed by atoms with Crippen LogP contribution in [0.1, 0.15) is 0 Å². The first-order valence-corrected chi connectivity index (χ1v) is 11.5. The van der Waals surface area contributed by atoms with Crippen LogP contribution in [-0.4, -0.2) is 49.2 Å². The van der Waals surface area contributed by atoms with E-state index in [2.05, 4.69) is 18.1 Å². The molecule has 192 valence electrons. The van der Waals surface area contributed by atoms with Crippen molar-refractivity contribution in [3.8, 4) is 45.7 Å². The molecule has 0 atom stereocenters. The Hall–Kier alpha value is -4.66. The first-order chi connectivity index (χ1) is 18.0. The average molecular weight is 504 g/mol. The fourth-order valence-corrected chi connectivity index (χ4v) is 4.16. The van der Waals surface area contributed by atoms with Gasteiger partial charge in [0, 0.05) is 24.2 Å². The van der Waals surface area contributed by atoms with Crippen LogP contribution in [0.3, 0.4) is 0 Å². The molecule has 0 radical (unpaired) electrons. The normalized spacial score (nSPS) is 10.7. The van der Waals surface area contributed by atoms with Gasteiger partial charge < -0.3 is 23.7 Å². The zero-order valence-electron chi connectivity index (χ0n) is 21.3. The number of methoxy groups -OCH3 is 4. The Bertz CT molecular complexity index is 1490. The molecule has 4 rings (SSSR count). The van der Waals surface area contributed by atoms with E-state index in [1.54, 1.807) is 46.7 Å². The summed E-state index contributed by atoms with van der Waals surface area (Å²) < 4.78 is 30.9. The lowest BCUT2D eigenvalue weighted by molar-refractivity contribution is 0.324. The molecule has 0 bridgehead atoms. The monoisotopic (exact) mass is 503 g/mol. The van der Waals surface area contributed by atoms with Crippen molar-refractivity contribution in [3.63, 3.8) is 0 Å².